The first kappa shape index (κ1) is 14.5. The third-order valence-electron chi connectivity index (χ3n) is 3.47. The van der Waals surface area contributed by atoms with E-state index in [-0.39, 0.29) is 11.9 Å². The van der Waals surface area contributed by atoms with E-state index in [0.29, 0.717) is 10.0 Å². The molecule has 1 heterocycles. The lowest BCUT2D eigenvalue weighted by Gasteiger charge is -2.28. The van der Waals surface area contributed by atoms with Gasteiger partial charge in [0.25, 0.3) is 5.91 Å². The fourth-order valence-corrected chi connectivity index (χ4v) is 2.72. The third-order valence-corrected chi connectivity index (χ3v) is 4.12. The Morgan fingerprint density at radius 2 is 2.16 bits per heavy atom. The molecule has 0 aliphatic carbocycles. The van der Waals surface area contributed by atoms with Crippen molar-refractivity contribution in [2.45, 2.75) is 19.4 Å². The van der Waals surface area contributed by atoms with Crippen LogP contribution in [0.3, 0.4) is 0 Å². The number of hydrogen-bond acceptors (Lipinski definition) is 2. The van der Waals surface area contributed by atoms with E-state index in [9.17, 15) is 9.18 Å². The van der Waals surface area contributed by atoms with Crippen molar-refractivity contribution in [2.75, 3.05) is 26.7 Å². The number of halogens is 2. The molecule has 1 aliphatic heterocycles. The lowest BCUT2D eigenvalue weighted by atomic mass is 10.1. The maximum atomic E-state index is 13.5. The van der Waals surface area contributed by atoms with E-state index >= 15 is 0 Å². The van der Waals surface area contributed by atoms with E-state index in [2.05, 4.69) is 27.9 Å². The Morgan fingerprint density at radius 3 is 2.84 bits per heavy atom. The van der Waals surface area contributed by atoms with Crippen LogP contribution in [0.4, 0.5) is 4.39 Å². The number of carbonyl (C=O) groups is 1. The zero-order valence-electron chi connectivity index (χ0n) is 11.2. The molecule has 104 valence electrons. The molecule has 0 spiro atoms. The van der Waals surface area contributed by atoms with Crippen LogP contribution < -0.4 is 0 Å². The zero-order chi connectivity index (χ0) is 14.0. The van der Waals surface area contributed by atoms with Crippen LogP contribution in [0.1, 0.15) is 23.7 Å². The first-order valence-electron chi connectivity index (χ1n) is 6.43. The van der Waals surface area contributed by atoms with Gasteiger partial charge in [-0.3, -0.25) is 4.79 Å². The van der Waals surface area contributed by atoms with Gasteiger partial charge in [-0.2, -0.15) is 0 Å². The van der Waals surface area contributed by atoms with Crippen molar-refractivity contribution >= 4 is 21.8 Å². The molecule has 2 rings (SSSR count). The van der Waals surface area contributed by atoms with Gasteiger partial charge < -0.3 is 9.80 Å². The number of nitrogens with zero attached hydrogens (tertiary/aromatic N) is 2. The predicted octanol–water partition coefficient (Wildman–Crippen LogP) is 2.75. The van der Waals surface area contributed by atoms with Crippen molar-refractivity contribution in [3.8, 4) is 0 Å². The summed E-state index contributed by atoms with van der Waals surface area (Å²) in [7, 11) is 2.06. The summed E-state index contributed by atoms with van der Waals surface area (Å²) in [5.74, 6) is -0.486. The van der Waals surface area contributed by atoms with Crippen LogP contribution in [0.15, 0.2) is 22.7 Å². The van der Waals surface area contributed by atoms with Crippen LogP contribution in [0, 0.1) is 5.82 Å². The van der Waals surface area contributed by atoms with Gasteiger partial charge in [-0.1, -0.05) is 0 Å². The van der Waals surface area contributed by atoms with Gasteiger partial charge in [0.2, 0.25) is 0 Å². The predicted molar refractivity (Wildman–Crippen MR) is 76.7 cm³/mol. The first-order chi connectivity index (χ1) is 8.99. The summed E-state index contributed by atoms with van der Waals surface area (Å²) < 4.78 is 13.9. The Bertz CT molecular complexity index is 481. The summed E-state index contributed by atoms with van der Waals surface area (Å²) in [5, 5.41) is 0. The summed E-state index contributed by atoms with van der Waals surface area (Å²) in [6.45, 7) is 4.60. The Balaban J connectivity index is 2.20. The molecule has 19 heavy (non-hydrogen) atoms. The highest BCUT2D eigenvalue weighted by atomic mass is 79.9. The molecular formula is C14H18BrFN2O. The smallest absolute Gasteiger partial charge is 0.254 e. The molecule has 0 N–H and O–H groups in total. The summed E-state index contributed by atoms with van der Waals surface area (Å²) in [6.07, 6.45) is 0.950. The van der Waals surface area contributed by atoms with Crippen molar-refractivity contribution in [1.29, 1.82) is 0 Å². The molecular weight excluding hydrogens is 311 g/mol. The molecule has 0 radical (unpaired) electrons. The van der Waals surface area contributed by atoms with Crippen LogP contribution in [-0.4, -0.2) is 48.4 Å². The van der Waals surface area contributed by atoms with E-state index in [1.54, 1.807) is 12.1 Å². The summed E-state index contributed by atoms with van der Waals surface area (Å²) in [5.41, 5.74) is 0.414. The molecule has 0 saturated carbocycles. The minimum absolute atomic E-state index is 0.0887. The fourth-order valence-electron chi connectivity index (χ4n) is 2.47. The molecule has 1 aromatic carbocycles. The monoisotopic (exact) mass is 328 g/mol. The number of hydrogen-bond donors (Lipinski definition) is 0. The number of amides is 1. The number of carbonyl (C=O) groups excluding carboxylic acids is 1. The standard InChI is InChI=1S/C14H18BrFN2O/c1-10-9-17(2)6-3-7-18(10)14(19)11-4-5-12(15)13(16)8-11/h4-5,8,10H,3,6-7,9H2,1-2H3. The normalized spacial score (nSPS) is 21.3. The summed E-state index contributed by atoms with van der Waals surface area (Å²) >= 11 is 3.10. The Hall–Kier alpha value is -0.940. The second-order valence-electron chi connectivity index (χ2n) is 5.09. The van der Waals surface area contributed by atoms with Gasteiger partial charge in [0.1, 0.15) is 5.82 Å². The highest BCUT2D eigenvalue weighted by Crippen LogP contribution is 2.19. The minimum atomic E-state index is -0.398. The first-order valence-corrected chi connectivity index (χ1v) is 7.23. The SMILES string of the molecule is CC1CN(C)CCCN1C(=O)c1ccc(Br)c(F)c1. The van der Waals surface area contributed by atoms with Gasteiger partial charge in [0, 0.05) is 24.7 Å². The highest BCUT2D eigenvalue weighted by Gasteiger charge is 2.25. The lowest BCUT2D eigenvalue weighted by Crippen LogP contribution is -2.42. The quantitative estimate of drug-likeness (QED) is 0.791. The molecule has 1 atom stereocenters. The molecule has 1 aromatic rings. The molecule has 0 bridgehead atoms. The van der Waals surface area contributed by atoms with Crippen molar-refractivity contribution in [3.63, 3.8) is 0 Å². The van der Waals surface area contributed by atoms with Gasteiger partial charge in [0.15, 0.2) is 0 Å². The fraction of sp³-hybridized carbons (Fsp3) is 0.500. The Labute approximate surface area is 121 Å². The van der Waals surface area contributed by atoms with Gasteiger partial charge >= 0.3 is 0 Å². The van der Waals surface area contributed by atoms with Crippen molar-refractivity contribution in [1.82, 2.24) is 9.80 Å². The average Bonchev–Trinajstić information content (AvgIpc) is 2.52. The maximum absolute atomic E-state index is 13.5. The largest absolute Gasteiger partial charge is 0.335 e. The zero-order valence-corrected chi connectivity index (χ0v) is 12.8. The Kier molecular flexibility index (Phi) is 4.58. The van der Waals surface area contributed by atoms with Crippen molar-refractivity contribution < 1.29 is 9.18 Å². The topological polar surface area (TPSA) is 23.6 Å². The number of likely N-dealkylation sites (N-methyl/N-ethyl adjacent to an activating group) is 1. The van der Waals surface area contributed by atoms with E-state index in [4.69, 9.17) is 0 Å². The molecule has 5 heteroatoms. The van der Waals surface area contributed by atoms with Crippen LogP contribution >= 0.6 is 15.9 Å². The Morgan fingerprint density at radius 1 is 1.42 bits per heavy atom. The summed E-state index contributed by atoms with van der Waals surface area (Å²) in [4.78, 5) is 16.5. The van der Waals surface area contributed by atoms with Gasteiger partial charge in [-0.05, 0) is 61.1 Å². The third kappa shape index (κ3) is 3.34. The van der Waals surface area contributed by atoms with Crippen LogP contribution in [0.25, 0.3) is 0 Å². The molecule has 3 nitrogen and oxygen atoms in total. The lowest BCUT2D eigenvalue weighted by molar-refractivity contribution is 0.0696. The van der Waals surface area contributed by atoms with Gasteiger partial charge in [-0.15, -0.1) is 0 Å². The number of benzene rings is 1. The number of rotatable bonds is 1. The molecule has 1 aliphatic rings. The molecule has 1 amide bonds. The van der Waals surface area contributed by atoms with Crippen LogP contribution in [0.5, 0.6) is 0 Å². The van der Waals surface area contributed by atoms with E-state index < -0.39 is 5.82 Å². The second-order valence-corrected chi connectivity index (χ2v) is 5.95. The van der Waals surface area contributed by atoms with Crippen LogP contribution in [-0.2, 0) is 0 Å². The summed E-state index contributed by atoms with van der Waals surface area (Å²) in [6, 6.07) is 4.69. The van der Waals surface area contributed by atoms with Gasteiger partial charge in [-0.25, -0.2) is 4.39 Å². The molecule has 1 unspecified atom stereocenters. The highest BCUT2D eigenvalue weighted by molar-refractivity contribution is 9.10. The van der Waals surface area contributed by atoms with Crippen molar-refractivity contribution in [3.05, 3.63) is 34.1 Å². The maximum Gasteiger partial charge on any atom is 0.254 e. The van der Waals surface area contributed by atoms with E-state index in [1.165, 1.54) is 6.07 Å². The molecule has 1 fully saturated rings. The second kappa shape index (κ2) is 6.01. The molecule has 1 saturated heterocycles. The average molecular weight is 329 g/mol. The van der Waals surface area contributed by atoms with Crippen LogP contribution in [0.2, 0.25) is 0 Å². The van der Waals surface area contributed by atoms with E-state index in [0.717, 1.165) is 26.1 Å². The minimum Gasteiger partial charge on any atom is -0.335 e. The van der Waals surface area contributed by atoms with E-state index in [1.807, 2.05) is 11.8 Å². The van der Waals surface area contributed by atoms with Gasteiger partial charge in [0.05, 0.1) is 4.47 Å². The molecule has 0 aromatic heterocycles. The van der Waals surface area contributed by atoms with Crippen molar-refractivity contribution in [2.24, 2.45) is 0 Å².